The molecule has 1 atom stereocenters. The van der Waals surface area contributed by atoms with Gasteiger partial charge in [0.05, 0.1) is 30.9 Å². The zero-order valence-electron chi connectivity index (χ0n) is 14.0. The highest BCUT2D eigenvalue weighted by molar-refractivity contribution is 6.10. The molecule has 0 spiro atoms. The normalized spacial score (nSPS) is 16.3. The van der Waals surface area contributed by atoms with E-state index in [2.05, 4.69) is 10.6 Å². The lowest BCUT2D eigenvalue weighted by Gasteiger charge is -2.13. The van der Waals surface area contributed by atoms with E-state index >= 15 is 0 Å². The molecule has 0 radical (unpaired) electrons. The van der Waals surface area contributed by atoms with Gasteiger partial charge in [0, 0.05) is 12.3 Å². The first-order valence-corrected chi connectivity index (χ1v) is 8.10. The quantitative estimate of drug-likeness (QED) is 0.877. The van der Waals surface area contributed by atoms with E-state index in [1.165, 1.54) is 0 Å². The van der Waals surface area contributed by atoms with E-state index in [-0.39, 0.29) is 17.7 Å². The molecule has 1 heterocycles. The van der Waals surface area contributed by atoms with E-state index < -0.39 is 0 Å². The fourth-order valence-corrected chi connectivity index (χ4v) is 2.64. The standard InChI is InChI=1S/C19H20N2O4/c1-24-15-8-6-14(7-9-15)20-19(23)16-4-2-3-5-17(16)21-18(22)13-10-11-25-12-13/h2-9,13H,10-12H2,1H3,(H,20,23)(H,21,22). The molecule has 0 bridgehead atoms. The van der Waals surface area contributed by atoms with Crippen LogP contribution >= 0.6 is 0 Å². The second kappa shape index (κ2) is 7.81. The summed E-state index contributed by atoms with van der Waals surface area (Å²) >= 11 is 0. The fraction of sp³-hybridized carbons (Fsp3) is 0.263. The Morgan fingerprint density at radius 1 is 1.08 bits per heavy atom. The van der Waals surface area contributed by atoms with Crippen molar-refractivity contribution in [2.24, 2.45) is 5.92 Å². The number of carbonyl (C=O) groups excluding carboxylic acids is 2. The average Bonchev–Trinajstić information content (AvgIpc) is 3.17. The maximum Gasteiger partial charge on any atom is 0.257 e. The molecule has 2 aromatic rings. The Kier molecular flexibility index (Phi) is 5.30. The molecule has 2 N–H and O–H groups in total. The van der Waals surface area contributed by atoms with Crippen LogP contribution in [-0.2, 0) is 9.53 Å². The summed E-state index contributed by atoms with van der Waals surface area (Å²) in [4.78, 5) is 24.9. The van der Waals surface area contributed by atoms with Gasteiger partial charge in [0.25, 0.3) is 5.91 Å². The molecule has 0 aromatic heterocycles. The van der Waals surface area contributed by atoms with E-state index in [1.807, 2.05) is 0 Å². The minimum absolute atomic E-state index is 0.123. The van der Waals surface area contributed by atoms with Crippen molar-refractivity contribution < 1.29 is 19.1 Å². The van der Waals surface area contributed by atoms with Crippen molar-refractivity contribution in [1.82, 2.24) is 0 Å². The summed E-state index contributed by atoms with van der Waals surface area (Å²) in [7, 11) is 1.59. The molecule has 2 aromatic carbocycles. The smallest absolute Gasteiger partial charge is 0.257 e. The molecule has 1 unspecified atom stereocenters. The second-order valence-corrected chi connectivity index (χ2v) is 5.78. The topological polar surface area (TPSA) is 76.7 Å². The van der Waals surface area contributed by atoms with Crippen LogP contribution in [-0.4, -0.2) is 32.1 Å². The number of hydrogen-bond donors (Lipinski definition) is 2. The number of carbonyl (C=O) groups is 2. The summed E-state index contributed by atoms with van der Waals surface area (Å²) in [5.41, 5.74) is 1.55. The third kappa shape index (κ3) is 4.16. The van der Waals surface area contributed by atoms with Gasteiger partial charge in [-0.15, -0.1) is 0 Å². The third-order valence-corrected chi connectivity index (χ3v) is 4.08. The van der Waals surface area contributed by atoms with Crippen LogP contribution in [0.2, 0.25) is 0 Å². The van der Waals surface area contributed by atoms with E-state index in [1.54, 1.807) is 55.6 Å². The number of nitrogens with one attached hydrogen (secondary N) is 2. The number of para-hydroxylation sites is 1. The summed E-state index contributed by atoms with van der Waals surface area (Å²) in [6.07, 6.45) is 0.700. The highest BCUT2D eigenvalue weighted by atomic mass is 16.5. The minimum atomic E-state index is -0.288. The van der Waals surface area contributed by atoms with Crippen molar-refractivity contribution in [3.63, 3.8) is 0 Å². The molecule has 0 saturated carbocycles. The summed E-state index contributed by atoms with van der Waals surface area (Å²) < 4.78 is 10.3. The first-order chi connectivity index (χ1) is 12.2. The van der Waals surface area contributed by atoms with Crippen molar-refractivity contribution >= 4 is 23.2 Å². The molecular formula is C19H20N2O4. The van der Waals surface area contributed by atoms with Crippen molar-refractivity contribution in [3.05, 3.63) is 54.1 Å². The Labute approximate surface area is 146 Å². The van der Waals surface area contributed by atoms with Crippen LogP contribution in [0, 0.1) is 5.92 Å². The molecule has 1 aliphatic rings. The maximum atomic E-state index is 12.6. The van der Waals surface area contributed by atoms with Gasteiger partial charge in [-0.05, 0) is 42.8 Å². The Bertz CT molecular complexity index is 752. The van der Waals surface area contributed by atoms with Crippen molar-refractivity contribution in [1.29, 1.82) is 0 Å². The molecule has 25 heavy (non-hydrogen) atoms. The van der Waals surface area contributed by atoms with Gasteiger partial charge in [-0.25, -0.2) is 0 Å². The van der Waals surface area contributed by atoms with Crippen LogP contribution in [0.15, 0.2) is 48.5 Å². The maximum absolute atomic E-state index is 12.6. The van der Waals surface area contributed by atoms with E-state index in [0.29, 0.717) is 42.3 Å². The number of hydrogen-bond acceptors (Lipinski definition) is 4. The van der Waals surface area contributed by atoms with Gasteiger partial charge in [-0.2, -0.15) is 0 Å². The Morgan fingerprint density at radius 2 is 1.84 bits per heavy atom. The summed E-state index contributed by atoms with van der Waals surface area (Å²) in [5.74, 6) is 0.132. The van der Waals surface area contributed by atoms with Crippen LogP contribution in [0.5, 0.6) is 5.75 Å². The van der Waals surface area contributed by atoms with Gasteiger partial charge in [0.15, 0.2) is 0 Å². The zero-order valence-corrected chi connectivity index (χ0v) is 14.0. The predicted octanol–water partition coefficient (Wildman–Crippen LogP) is 2.92. The van der Waals surface area contributed by atoms with Gasteiger partial charge >= 0.3 is 0 Å². The van der Waals surface area contributed by atoms with Crippen LogP contribution < -0.4 is 15.4 Å². The monoisotopic (exact) mass is 340 g/mol. The highest BCUT2D eigenvalue weighted by Gasteiger charge is 2.24. The van der Waals surface area contributed by atoms with Crippen molar-refractivity contribution in [2.45, 2.75) is 6.42 Å². The number of ether oxygens (including phenoxy) is 2. The molecule has 1 aliphatic heterocycles. The molecule has 1 saturated heterocycles. The van der Waals surface area contributed by atoms with Gasteiger partial charge in [0.2, 0.25) is 5.91 Å². The zero-order chi connectivity index (χ0) is 17.6. The van der Waals surface area contributed by atoms with E-state index in [0.717, 1.165) is 0 Å². The number of methoxy groups -OCH3 is 1. The molecule has 2 amide bonds. The number of rotatable bonds is 5. The largest absolute Gasteiger partial charge is 0.497 e. The SMILES string of the molecule is COc1ccc(NC(=O)c2ccccc2NC(=O)C2CCOC2)cc1. The number of amides is 2. The lowest BCUT2D eigenvalue weighted by molar-refractivity contribution is -0.119. The molecule has 130 valence electrons. The van der Waals surface area contributed by atoms with E-state index in [9.17, 15) is 9.59 Å². The van der Waals surface area contributed by atoms with Crippen LogP contribution in [0.4, 0.5) is 11.4 Å². The number of anilines is 2. The summed E-state index contributed by atoms with van der Waals surface area (Å²) in [6, 6.07) is 14.0. The lowest BCUT2D eigenvalue weighted by atomic mass is 10.1. The van der Waals surface area contributed by atoms with Crippen LogP contribution in [0.3, 0.4) is 0 Å². The Balaban J connectivity index is 1.72. The Hall–Kier alpha value is -2.86. The fourth-order valence-electron chi connectivity index (χ4n) is 2.64. The highest BCUT2D eigenvalue weighted by Crippen LogP contribution is 2.21. The van der Waals surface area contributed by atoms with E-state index in [4.69, 9.17) is 9.47 Å². The average molecular weight is 340 g/mol. The Morgan fingerprint density at radius 3 is 2.52 bits per heavy atom. The van der Waals surface area contributed by atoms with Gasteiger partial charge in [-0.1, -0.05) is 12.1 Å². The molecule has 1 fully saturated rings. The van der Waals surface area contributed by atoms with Crippen molar-refractivity contribution in [2.75, 3.05) is 31.0 Å². The molecule has 6 heteroatoms. The number of benzene rings is 2. The minimum Gasteiger partial charge on any atom is -0.497 e. The molecule has 0 aliphatic carbocycles. The molecule has 6 nitrogen and oxygen atoms in total. The first-order valence-electron chi connectivity index (χ1n) is 8.10. The summed E-state index contributed by atoms with van der Waals surface area (Å²) in [6.45, 7) is 1.02. The molecule has 3 rings (SSSR count). The van der Waals surface area contributed by atoms with Crippen LogP contribution in [0.25, 0.3) is 0 Å². The third-order valence-electron chi connectivity index (χ3n) is 4.08. The van der Waals surface area contributed by atoms with Gasteiger partial charge in [-0.3, -0.25) is 9.59 Å². The molecular weight excluding hydrogens is 320 g/mol. The predicted molar refractivity (Wildman–Crippen MR) is 94.9 cm³/mol. The second-order valence-electron chi connectivity index (χ2n) is 5.78. The first kappa shape index (κ1) is 17.0. The summed E-state index contributed by atoms with van der Waals surface area (Å²) in [5, 5.41) is 5.66. The van der Waals surface area contributed by atoms with Crippen LogP contribution in [0.1, 0.15) is 16.8 Å². The van der Waals surface area contributed by atoms with Crippen molar-refractivity contribution in [3.8, 4) is 5.75 Å². The van der Waals surface area contributed by atoms with Gasteiger partial charge < -0.3 is 20.1 Å². The van der Waals surface area contributed by atoms with Gasteiger partial charge in [0.1, 0.15) is 5.75 Å². The lowest BCUT2D eigenvalue weighted by Crippen LogP contribution is -2.24.